The molecule has 1 N–H and O–H groups in total. The van der Waals surface area contributed by atoms with Gasteiger partial charge in [-0.05, 0) is 12.1 Å². The van der Waals surface area contributed by atoms with Gasteiger partial charge in [-0.3, -0.25) is 0 Å². The summed E-state index contributed by atoms with van der Waals surface area (Å²) >= 11 is 0. The van der Waals surface area contributed by atoms with E-state index < -0.39 is 51.2 Å². The van der Waals surface area contributed by atoms with Gasteiger partial charge in [-0.1, -0.05) is 0 Å². The van der Waals surface area contributed by atoms with Gasteiger partial charge in [0.1, 0.15) is 25.0 Å². The van der Waals surface area contributed by atoms with E-state index in [0.717, 1.165) is 0 Å². The lowest BCUT2D eigenvalue weighted by molar-refractivity contribution is 0.0889. The molecule has 3 rings (SSSR count). The number of nitrogens with zero attached hydrogens (tertiary/aromatic N) is 1. The van der Waals surface area contributed by atoms with Gasteiger partial charge in [-0.2, -0.15) is 0 Å². The minimum absolute atomic E-state index is 0.0566. The largest absolute Gasteiger partial charge is 0.490 e. The molecule has 2 aliphatic rings. The summed E-state index contributed by atoms with van der Waals surface area (Å²) in [6, 6.07) is 3.86. The smallest absolute Gasteiger partial charge is 0.407 e. The summed E-state index contributed by atoms with van der Waals surface area (Å²) in [6.45, 7) is -10.5. The van der Waals surface area contributed by atoms with Crippen LogP contribution in [0.15, 0.2) is 18.2 Å². The molecular formula is C14H17NO5. The molecule has 1 aromatic rings. The highest BCUT2D eigenvalue weighted by molar-refractivity contribution is 5.65. The van der Waals surface area contributed by atoms with Crippen LogP contribution < -0.4 is 14.2 Å². The van der Waals surface area contributed by atoms with Crippen LogP contribution in [0.1, 0.15) is 23.8 Å². The van der Waals surface area contributed by atoms with Crippen LogP contribution in [0.25, 0.3) is 0 Å². The molecule has 0 aliphatic carbocycles. The molecule has 6 nitrogen and oxygen atoms in total. The van der Waals surface area contributed by atoms with Crippen LogP contribution in [-0.4, -0.2) is 48.3 Å². The van der Waals surface area contributed by atoms with Gasteiger partial charge in [0.05, 0.1) is 5.48 Å². The van der Waals surface area contributed by atoms with E-state index in [1.54, 1.807) is 0 Å². The first-order valence-electron chi connectivity index (χ1n) is 9.87. The van der Waals surface area contributed by atoms with E-state index >= 15 is 0 Å². The van der Waals surface area contributed by atoms with Gasteiger partial charge < -0.3 is 24.2 Å². The maximum absolute atomic E-state index is 11.2. The van der Waals surface area contributed by atoms with E-state index in [0.29, 0.717) is 0 Å². The first-order valence-corrected chi connectivity index (χ1v) is 5.87. The summed E-state index contributed by atoms with van der Waals surface area (Å²) in [5.74, 6) is -0.105. The van der Waals surface area contributed by atoms with E-state index in [-0.39, 0.29) is 22.1 Å². The monoisotopic (exact) mass is 287 g/mol. The van der Waals surface area contributed by atoms with Gasteiger partial charge in [0, 0.05) is 37.4 Å². The molecule has 0 spiro atoms. The third-order valence-electron chi connectivity index (χ3n) is 2.73. The third kappa shape index (κ3) is 2.74. The third-order valence-corrected chi connectivity index (χ3v) is 2.73. The summed E-state index contributed by atoms with van der Waals surface area (Å²) in [5.41, 5.74) is 0. The van der Waals surface area contributed by atoms with Crippen LogP contribution in [0, 0.1) is 0 Å². The number of hydrogen-bond donors (Lipinski definition) is 1. The van der Waals surface area contributed by atoms with Crippen LogP contribution in [0.5, 0.6) is 17.2 Å². The molecule has 0 bridgehead atoms. The van der Waals surface area contributed by atoms with Crippen LogP contribution in [0.2, 0.25) is 0 Å². The van der Waals surface area contributed by atoms with Gasteiger partial charge in [-0.15, -0.1) is 0 Å². The predicted molar refractivity (Wildman–Crippen MR) is 70.7 cm³/mol. The second kappa shape index (κ2) is 5.48. The summed E-state index contributed by atoms with van der Waals surface area (Å²) in [7, 11) is 0. The maximum atomic E-state index is 11.2. The van der Waals surface area contributed by atoms with Crippen molar-refractivity contribution in [1.82, 2.24) is 4.90 Å². The molecule has 0 radical (unpaired) electrons. The quantitative estimate of drug-likeness (QED) is 0.900. The minimum Gasteiger partial charge on any atom is -0.490 e. The SMILES string of the molecule is [2H]C1([2H])CC(Oc2ccc3c(c2)OC([2H])([2H])C([2H])([2H])O3)CC([2H])([2H])N1C(=O)O. The highest BCUT2D eigenvalue weighted by Crippen LogP contribution is 2.34. The Morgan fingerprint density at radius 3 is 2.70 bits per heavy atom. The molecule has 1 fully saturated rings. The Kier molecular flexibility index (Phi) is 1.80. The fourth-order valence-corrected chi connectivity index (χ4v) is 1.80. The van der Waals surface area contributed by atoms with E-state index in [1.807, 2.05) is 0 Å². The Hall–Kier alpha value is -2.11. The Bertz CT molecular complexity index is 784. The number of ether oxygens (including phenoxy) is 3. The minimum atomic E-state index is -2.76. The predicted octanol–water partition coefficient (Wildman–Crippen LogP) is 1.98. The number of benzene rings is 1. The van der Waals surface area contributed by atoms with Gasteiger partial charge in [0.25, 0.3) is 0 Å². The number of likely N-dealkylation sites (tertiary alicyclic amines) is 1. The van der Waals surface area contributed by atoms with Crippen molar-refractivity contribution in [1.29, 1.82) is 0 Å². The van der Waals surface area contributed by atoms with Crippen molar-refractivity contribution in [3.63, 3.8) is 0 Å². The first kappa shape index (κ1) is 6.56. The molecule has 0 unspecified atom stereocenters. The fraction of sp³-hybridized carbons (Fsp3) is 0.500. The fourth-order valence-electron chi connectivity index (χ4n) is 1.80. The molecule has 0 aromatic heterocycles. The van der Waals surface area contributed by atoms with Crippen molar-refractivity contribution < 1.29 is 35.1 Å². The van der Waals surface area contributed by atoms with E-state index in [9.17, 15) is 4.79 Å². The molecule has 1 saturated heterocycles. The molecule has 1 amide bonds. The van der Waals surface area contributed by atoms with Crippen molar-refractivity contribution in [2.75, 3.05) is 26.1 Å². The van der Waals surface area contributed by atoms with Crippen molar-refractivity contribution in [3.05, 3.63) is 18.2 Å². The number of piperidine rings is 1. The van der Waals surface area contributed by atoms with Crippen molar-refractivity contribution in [3.8, 4) is 17.2 Å². The van der Waals surface area contributed by atoms with Crippen LogP contribution in [0.4, 0.5) is 4.79 Å². The number of carbonyl (C=O) groups is 1. The number of fused-ring (bicyclic) bond motifs is 1. The standard InChI is InChI=1S/C14H17NO5/c16-14(17)15-5-3-10(4-6-15)20-11-1-2-12-13(9-11)19-8-7-18-12/h1-2,9-10H,3-8H2,(H,16,17)/i5D2,6D2,7D2,8D2. The van der Waals surface area contributed by atoms with Gasteiger partial charge >= 0.3 is 6.09 Å². The van der Waals surface area contributed by atoms with E-state index in [4.69, 9.17) is 30.3 Å². The topological polar surface area (TPSA) is 68.2 Å². The van der Waals surface area contributed by atoms with Crippen LogP contribution in [0.3, 0.4) is 0 Å². The molecule has 20 heavy (non-hydrogen) atoms. The molecule has 1 aromatic carbocycles. The molecule has 0 atom stereocenters. The first-order chi connectivity index (χ1) is 12.6. The zero-order chi connectivity index (χ0) is 21.1. The van der Waals surface area contributed by atoms with Gasteiger partial charge in [0.2, 0.25) is 0 Å². The normalized spacial score (nSPS) is 34.7. The van der Waals surface area contributed by atoms with Crippen molar-refractivity contribution in [2.45, 2.75) is 18.9 Å². The average molecular weight is 287 g/mol. The average Bonchev–Trinajstić information content (AvgIpc) is 2.44. The molecular weight excluding hydrogens is 262 g/mol. The van der Waals surface area contributed by atoms with Gasteiger partial charge in [-0.25, -0.2) is 4.79 Å². The Balaban J connectivity index is 1.82. The zero-order valence-corrected chi connectivity index (χ0v) is 10.3. The molecule has 6 heteroatoms. The lowest BCUT2D eigenvalue weighted by atomic mass is 10.1. The Morgan fingerprint density at radius 1 is 1.30 bits per heavy atom. The second-order valence-electron chi connectivity index (χ2n) is 4.10. The molecule has 0 saturated carbocycles. The zero-order valence-electron chi connectivity index (χ0n) is 18.3. The summed E-state index contributed by atoms with van der Waals surface area (Å²) in [6.07, 6.45) is -3.57. The molecule has 2 aliphatic heterocycles. The van der Waals surface area contributed by atoms with Gasteiger partial charge in [0.15, 0.2) is 11.5 Å². The van der Waals surface area contributed by atoms with Crippen molar-refractivity contribution >= 4 is 6.09 Å². The number of hydrogen-bond acceptors (Lipinski definition) is 4. The van der Waals surface area contributed by atoms with Crippen LogP contribution in [-0.2, 0) is 0 Å². The molecule has 108 valence electrons. The number of rotatable bonds is 2. The van der Waals surface area contributed by atoms with E-state index in [1.165, 1.54) is 18.2 Å². The summed E-state index contributed by atoms with van der Waals surface area (Å²) in [5, 5.41) is 9.12. The number of carboxylic acid groups (broad SMARTS) is 1. The van der Waals surface area contributed by atoms with Crippen LogP contribution >= 0.6 is 0 Å². The summed E-state index contributed by atoms with van der Waals surface area (Å²) < 4.78 is 77.3. The lowest BCUT2D eigenvalue weighted by Gasteiger charge is -2.30. The highest BCUT2D eigenvalue weighted by Gasteiger charge is 2.23. The van der Waals surface area contributed by atoms with Crippen molar-refractivity contribution in [2.24, 2.45) is 0 Å². The number of amides is 1. The summed E-state index contributed by atoms with van der Waals surface area (Å²) in [4.78, 5) is 11.4. The van der Waals surface area contributed by atoms with E-state index in [2.05, 4.69) is 0 Å². The maximum Gasteiger partial charge on any atom is 0.407 e. The Labute approximate surface area is 128 Å². The highest BCUT2D eigenvalue weighted by atomic mass is 16.6. The second-order valence-corrected chi connectivity index (χ2v) is 4.10. The molecule has 2 heterocycles. The lowest BCUT2D eigenvalue weighted by Crippen LogP contribution is -2.41. The Morgan fingerprint density at radius 2 is 2.00 bits per heavy atom.